The number of benzene rings is 1. The van der Waals surface area contributed by atoms with Gasteiger partial charge in [-0.1, -0.05) is 12.1 Å². The number of H-pyrrole nitrogens is 1. The van der Waals surface area contributed by atoms with Crippen LogP contribution in [0, 0.1) is 0 Å². The van der Waals surface area contributed by atoms with Gasteiger partial charge in [0, 0.05) is 48.9 Å². The zero-order valence-corrected chi connectivity index (χ0v) is 15.2. The molecule has 3 aromatic rings. The number of hydrogen-bond acceptors (Lipinski definition) is 6. The Labute approximate surface area is 157 Å². The number of rotatable bonds is 3. The predicted molar refractivity (Wildman–Crippen MR) is 105 cm³/mol. The molecule has 0 spiro atoms. The highest BCUT2D eigenvalue weighted by Crippen LogP contribution is 2.30. The van der Waals surface area contributed by atoms with E-state index in [1.807, 2.05) is 6.20 Å². The first-order valence-electron chi connectivity index (χ1n) is 9.48. The zero-order chi connectivity index (χ0) is 18.1. The molecular weight excluding hydrogens is 342 g/mol. The largest absolute Gasteiger partial charge is 0.378 e. The number of aromatic nitrogens is 3. The smallest absolute Gasteiger partial charge is 0.131 e. The van der Waals surface area contributed by atoms with Gasteiger partial charge in [-0.3, -0.25) is 5.10 Å². The molecule has 27 heavy (non-hydrogen) atoms. The van der Waals surface area contributed by atoms with E-state index in [4.69, 9.17) is 14.5 Å². The molecule has 0 amide bonds. The first-order valence-corrected chi connectivity index (χ1v) is 9.48. The van der Waals surface area contributed by atoms with E-state index in [2.05, 4.69) is 50.3 Å². The fourth-order valence-corrected chi connectivity index (χ4v) is 3.70. The van der Waals surface area contributed by atoms with E-state index in [1.54, 1.807) is 0 Å². The van der Waals surface area contributed by atoms with Crippen molar-refractivity contribution in [2.75, 3.05) is 62.4 Å². The predicted octanol–water partition coefficient (Wildman–Crippen LogP) is 2.30. The summed E-state index contributed by atoms with van der Waals surface area (Å²) in [6.45, 7) is 6.60. The molecule has 2 saturated heterocycles. The molecule has 7 nitrogen and oxygen atoms in total. The van der Waals surface area contributed by atoms with Crippen molar-refractivity contribution >= 4 is 22.4 Å². The number of aromatic amines is 1. The van der Waals surface area contributed by atoms with E-state index in [1.165, 1.54) is 5.69 Å². The minimum absolute atomic E-state index is 0.749. The summed E-state index contributed by atoms with van der Waals surface area (Å²) in [4.78, 5) is 9.68. The first kappa shape index (κ1) is 16.5. The molecule has 0 saturated carbocycles. The maximum Gasteiger partial charge on any atom is 0.131 e. The normalized spacial score (nSPS) is 18.2. The highest BCUT2D eigenvalue weighted by molar-refractivity contribution is 5.84. The number of hydrogen-bond donors (Lipinski definition) is 1. The molecule has 0 atom stereocenters. The summed E-state index contributed by atoms with van der Waals surface area (Å²) < 4.78 is 11.0. The van der Waals surface area contributed by atoms with Crippen molar-refractivity contribution in [3.05, 3.63) is 36.5 Å². The fourth-order valence-electron chi connectivity index (χ4n) is 3.70. The van der Waals surface area contributed by atoms with Crippen molar-refractivity contribution in [2.45, 2.75) is 0 Å². The number of anilines is 2. The molecule has 0 radical (unpaired) electrons. The molecule has 2 fully saturated rings. The third kappa shape index (κ3) is 3.36. The van der Waals surface area contributed by atoms with Crippen LogP contribution in [0.15, 0.2) is 36.5 Å². The van der Waals surface area contributed by atoms with Gasteiger partial charge in [0.15, 0.2) is 0 Å². The molecule has 5 rings (SSSR count). The van der Waals surface area contributed by atoms with Crippen LogP contribution in [-0.4, -0.2) is 67.8 Å². The lowest BCUT2D eigenvalue weighted by Gasteiger charge is -2.32. The van der Waals surface area contributed by atoms with Crippen LogP contribution in [0.5, 0.6) is 0 Å². The Kier molecular flexibility index (Phi) is 4.39. The number of fused-ring (bicyclic) bond motifs is 1. The summed E-state index contributed by atoms with van der Waals surface area (Å²) in [7, 11) is 0. The number of ether oxygens (including phenoxy) is 2. The highest BCUT2D eigenvalue weighted by Gasteiger charge is 2.18. The van der Waals surface area contributed by atoms with Gasteiger partial charge >= 0.3 is 0 Å². The minimum Gasteiger partial charge on any atom is -0.378 e. The van der Waals surface area contributed by atoms with Crippen molar-refractivity contribution in [1.82, 2.24) is 15.2 Å². The molecule has 140 valence electrons. The maximum absolute atomic E-state index is 5.53. The molecule has 2 aromatic heterocycles. The molecule has 0 bridgehead atoms. The van der Waals surface area contributed by atoms with Crippen LogP contribution in [0.4, 0.5) is 11.5 Å². The molecular formula is C20H23N5O2. The molecule has 0 aliphatic carbocycles. The van der Waals surface area contributed by atoms with Gasteiger partial charge in [-0.25, -0.2) is 4.98 Å². The van der Waals surface area contributed by atoms with Crippen molar-refractivity contribution in [3.63, 3.8) is 0 Å². The van der Waals surface area contributed by atoms with E-state index in [-0.39, 0.29) is 0 Å². The lowest BCUT2D eigenvalue weighted by atomic mass is 10.1. The Morgan fingerprint density at radius 3 is 2.37 bits per heavy atom. The maximum atomic E-state index is 5.53. The van der Waals surface area contributed by atoms with Crippen LogP contribution in [-0.2, 0) is 9.47 Å². The van der Waals surface area contributed by atoms with Gasteiger partial charge in [-0.05, 0) is 12.1 Å². The summed E-state index contributed by atoms with van der Waals surface area (Å²) >= 11 is 0. The molecule has 0 unspecified atom stereocenters. The second-order valence-electron chi connectivity index (χ2n) is 6.94. The third-order valence-electron chi connectivity index (χ3n) is 5.25. The number of pyridine rings is 1. The summed E-state index contributed by atoms with van der Waals surface area (Å²) in [5.41, 5.74) is 4.31. The van der Waals surface area contributed by atoms with Crippen LogP contribution in [0.25, 0.3) is 22.2 Å². The number of morpholine rings is 2. The Morgan fingerprint density at radius 1 is 0.852 bits per heavy atom. The number of nitrogens with zero attached hydrogens (tertiary/aromatic N) is 4. The van der Waals surface area contributed by atoms with E-state index < -0.39 is 0 Å². The van der Waals surface area contributed by atoms with Gasteiger partial charge < -0.3 is 19.3 Å². The van der Waals surface area contributed by atoms with Crippen LogP contribution < -0.4 is 9.80 Å². The Morgan fingerprint density at radius 2 is 1.59 bits per heavy atom. The van der Waals surface area contributed by atoms with E-state index in [0.29, 0.717) is 0 Å². The van der Waals surface area contributed by atoms with Gasteiger partial charge in [0.05, 0.1) is 43.8 Å². The summed E-state index contributed by atoms with van der Waals surface area (Å²) in [5, 5.41) is 8.29. The number of nitrogens with one attached hydrogen (secondary N) is 1. The lowest BCUT2D eigenvalue weighted by Crippen LogP contribution is -2.38. The van der Waals surface area contributed by atoms with Gasteiger partial charge in [0.1, 0.15) is 5.82 Å². The molecule has 1 N–H and O–H groups in total. The van der Waals surface area contributed by atoms with Crippen molar-refractivity contribution in [2.24, 2.45) is 0 Å². The fraction of sp³-hybridized carbons (Fsp3) is 0.400. The monoisotopic (exact) mass is 365 g/mol. The van der Waals surface area contributed by atoms with E-state index >= 15 is 0 Å². The molecule has 2 aliphatic heterocycles. The van der Waals surface area contributed by atoms with Crippen LogP contribution in [0.3, 0.4) is 0 Å². The molecule has 7 heteroatoms. The summed E-state index contributed by atoms with van der Waals surface area (Å²) in [5.74, 6) is 1.02. The quantitative estimate of drug-likeness (QED) is 0.768. The molecule has 4 heterocycles. The first-order chi connectivity index (χ1) is 13.4. The van der Waals surface area contributed by atoms with E-state index in [0.717, 1.165) is 80.6 Å². The standard InChI is InChI=1S/C20H23N5O2/c1-2-16-14-21-23-19(16)11-15(1)18-12-17(24-3-7-26-8-4-24)13-20(22-18)25-5-9-27-10-6-25/h1-2,11-14H,3-10H2,(H,21,23). The molecule has 2 aliphatic rings. The Bertz CT molecular complexity index is 893. The average Bonchev–Trinajstić information content (AvgIpc) is 3.22. The average molecular weight is 365 g/mol. The van der Waals surface area contributed by atoms with Gasteiger partial charge in [0.25, 0.3) is 0 Å². The van der Waals surface area contributed by atoms with Gasteiger partial charge in [-0.15, -0.1) is 0 Å². The topological polar surface area (TPSA) is 66.5 Å². The summed E-state index contributed by atoms with van der Waals surface area (Å²) in [6, 6.07) is 10.7. The second kappa shape index (κ2) is 7.17. The van der Waals surface area contributed by atoms with E-state index in [9.17, 15) is 0 Å². The van der Waals surface area contributed by atoms with Crippen LogP contribution >= 0.6 is 0 Å². The Balaban J connectivity index is 1.57. The van der Waals surface area contributed by atoms with Crippen molar-refractivity contribution in [3.8, 4) is 11.3 Å². The lowest BCUT2D eigenvalue weighted by molar-refractivity contribution is 0.122. The third-order valence-corrected chi connectivity index (χ3v) is 5.25. The molecule has 1 aromatic carbocycles. The Hall–Kier alpha value is -2.64. The minimum atomic E-state index is 0.749. The summed E-state index contributed by atoms with van der Waals surface area (Å²) in [6.07, 6.45) is 1.84. The highest BCUT2D eigenvalue weighted by atomic mass is 16.5. The second-order valence-corrected chi connectivity index (χ2v) is 6.94. The van der Waals surface area contributed by atoms with Crippen LogP contribution in [0.2, 0.25) is 0 Å². The van der Waals surface area contributed by atoms with Gasteiger partial charge in [-0.2, -0.15) is 5.10 Å². The zero-order valence-electron chi connectivity index (χ0n) is 15.2. The SMILES string of the molecule is c1cc2cn[nH]c2cc1-c1cc(N2CCOCC2)cc(N2CCOCC2)n1. The van der Waals surface area contributed by atoms with Gasteiger partial charge in [0.2, 0.25) is 0 Å². The van der Waals surface area contributed by atoms with Crippen molar-refractivity contribution in [1.29, 1.82) is 0 Å². The van der Waals surface area contributed by atoms with Crippen molar-refractivity contribution < 1.29 is 9.47 Å². The van der Waals surface area contributed by atoms with Crippen LogP contribution in [0.1, 0.15) is 0 Å².